The van der Waals surface area contributed by atoms with E-state index in [2.05, 4.69) is 54.2 Å². The van der Waals surface area contributed by atoms with Crippen molar-refractivity contribution < 1.29 is 0 Å². The van der Waals surface area contributed by atoms with E-state index in [4.69, 9.17) is 0 Å². The summed E-state index contributed by atoms with van der Waals surface area (Å²) in [5.41, 5.74) is 0.480. The summed E-state index contributed by atoms with van der Waals surface area (Å²) in [4.78, 5) is 2.30. The number of halogens is 1. The molecule has 102 valence electrons. The minimum absolute atomic E-state index is 0.480. The highest BCUT2D eigenvalue weighted by molar-refractivity contribution is 9.09. The van der Waals surface area contributed by atoms with Gasteiger partial charge in [-0.2, -0.15) is 0 Å². The smallest absolute Gasteiger partial charge is 0.0174 e. The Morgan fingerprint density at radius 1 is 1.33 bits per heavy atom. The van der Waals surface area contributed by atoms with Crippen LogP contribution in [0, 0.1) is 17.3 Å². The fourth-order valence-corrected chi connectivity index (χ4v) is 4.56. The zero-order chi connectivity index (χ0) is 13.2. The summed E-state index contributed by atoms with van der Waals surface area (Å²) in [5.74, 6) is 1.77. The topological polar surface area (TPSA) is 0 Å². The van der Waals surface area contributed by atoms with E-state index >= 15 is 0 Å². The largest absolute Gasteiger partial charge is 0.149 e. The van der Waals surface area contributed by atoms with E-state index in [9.17, 15) is 0 Å². The van der Waals surface area contributed by atoms with Gasteiger partial charge in [0.1, 0.15) is 0 Å². The average molecular weight is 329 g/mol. The molecule has 1 saturated carbocycles. The molecule has 0 aromatic carbocycles. The van der Waals surface area contributed by atoms with Gasteiger partial charge in [0.2, 0.25) is 0 Å². The molecule has 1 aromatic rings. The molecule has 0 nitrogen and oxygen atoms in total. The van der Waals surface area contributed by atoms with Gasteiger partial charge in [0, 0.05) is 9.70 Å². The van der Waals surface area contributed by atoms with E-state index in [0.717, 1.165) is 16.7 Å². The SMILES string of the molecule is CC(C)(C)C1CCC(Br)C(CCc2cccs2)C1. The average Bonchev–Trinajstić information content (AvgIpc) is 2.79. The summed E-state index contributed by atoms with van der Waals surface area (Å²) in [6.45, 7) is 7.22. The Morgan fingerprint density at radius 2 is 2.11 bits per heavy atom. The van der Waals surface area contributed by atoms with Crippen LogP contribution in [0.25, 0.3) is 0 Å². The van der Waals surface area contributed by atoms with E-state index in [1.807, 2.05) is 11.3 Å². The number of alkyl halides is 1. The molecular weight excluding hydrogens is 304 g/mol. The van der Waals surface area contributed by atoms with Crippen molar-refractivity contribution in [3.05, 3.63) is 22.4 Å². The van der Waals surface area contributed by atoms with E-state index in [0.29, 0.717) is 5.41 Å². The zero-order valence-electron chi connectivity index (χ0n) is 11.8. The van der Waals surface area contributed by atoms with Crippen LogP contribution in [-0.4, -0.2) is 4.83 Å². The molecule has 1 aliphatic carbocycles. The first-order valence-electron chi connectivity index (χ1n) is 7.13. The lowest BCUT2D eigenvalue weighted by Gasteiger charge is -2.40. The van der Waals surface area contributed by atoms with E-state index in [1.165, 1.54) is 32.1 Å². The zero-order valence-corrected chi connectivity index (χ0v) is 14.2. The van der Waals surface area contributed by atoms with Crippen molar-refractivity contribution in [2.45, 2.75) is 57.7 Å². The van der Waals surface area contributed by atoms with Gasteiger partial charge < -0.3 is 0 Å². The molecular formula is C16H25BrS. The van der Waals surface area contributed by atoms with Crippen LogP contribution in [0.5, 0.6) is 0 Å². The minimum atomic E-state index is 0.480. The first-order chi connectivity index (χ1) is 8.47. The molecule has 3 unspecified atom stereocenters. The van der Waals surface area contributed by atoms with Crippen molar-refractivity contribution in [3.8, 4) is 0 Å². The second-order valence-corrected chi connectivity index (χ2v) is 8.98. The number of hydrogen-bond acceptors (Lipinski definition) is 1. The number of thiophene rings is 1. The molecule has 18 heavy (non-hydrogen) atoms. The number of rotatable bonds is 3. The van der Waals surface area contributed by atoms with Gasteiger partial charge in [-0.1, -0.05) is 42.8 Å². The van der Waals surface area contributed by atoms with Gasteiger partial charge in [-0.3, -0.25) is 0 Å². The summed E-state index contributed by atoms with van der Waals surface area (Å²) < 4.78 is 0. The second-order valence-electron chi connectivity index (χ2n) is 6.77. The summed E-state index contributed by atoms with van der Waals surface area (Å²) in [6.07, 6.45) is 6.78. The van der Waals surface area contributed by atoms with Gasteiger partial charge in [0.15, 0.2) is 0 Å². The number of hydrogen-bond donors (Lipinski definition) is 0. The highest BCUT2D eigenvalue weighted by Crippen LogP contribution is 2.44. The molecule has 2 rings (SSSR count). The Kier molecular flexibility index (Phi) is 4.93. The third-order valence-corrected chi connectivity index (χ3v) is 6.60. The molecule has 0 N–H and O–H groups in total. The predicted molar refractivity (Wildman–Crippen MR) is 85.6 cm³/mol. The Bertz CT molecular complexity index is 350. The predicted octanol–water partition coefficient (Wildman–Crippen LogP) is 5.91. The molecule has 2 heteroatoms. The van der Waals surface area contributed by atoms with Crippen molar-refractivity contribution >= 4 is 27.3 Å². The molecule has 3 atom stereocenters. The van der Waals surface area contributed by atoms with Gasteiger partial charge in [0.25, 0.3) is 0 Å². The lowest BCUT2D eigenvalue weighted by molar-refractivity contribution is 0.143. The van der Waals surface area contributed by atoms with Crippen molar-refractivity contribution in [2.75, 3.05) is 0 Å². The maximum absolute atomic E-state index is 3.92. The fraction of sp³-hybridized carbons (Fsp3) is 0.750. The molecule has 1 aromatic heterocycles. The van der Waals surface area contributed by atoms with Crippen LogP contribution in [0.4, 0.5) is 0 Å². The monoisotopic (exact) mass is 328 g/mol. The van der Waals surface area contributed by atoms with Crippen molar-refractivity contribution in [2.24, 2.45) is 17.3 Å². The highest BCUT2D eigenvalue weighted by atomic mass is 79.9. The van der Waals surface area contributed by atoms with Gasteiger partial charge in [-0.15, -0.1) is 11.3 Å². The van der Waals surface area contributed by atoms with Crippen LogP contribution in [0.2, 0.25) is 0 Å². The molecule has 0 saturated heterocycles. The quantitative estimate of drug-likeness (QED) is 0.605. The third-order valence-electron chi connectivity index (χ3n) is 4.46. The highest BCUT2D eigenvalue weighted by Gasteiger charge is 2.34. The van der Waals surface area contributed by atoms with Gasteiger partial charge in [0.05, 0.1) is 0 Å². The van der Waals surface area contributed by atoms with Crippen LogP contribution in [0.1, 0.15) is 51.3 Å². The fourth-order valence-electron chi connectivity index (χ4n) is 3.09. The van der Waals surface area contributed by atoms with Crippen molar-refractivity contribution in [3.63, 3.8) is 0 Å². The van der Waals surface area contributed by atoms with Crippen LogP contribution in [0.3, 0.4) is 0 Å². The standard InChI is InChI=1S/C16H25BrS/c1-16(2,3)13-7-9-15(17)12(11-13)6-8-14-5-4-10-18-14/h4-5,10,12-13,15H,6-9,11H2,1-3H3. The minimum Gasteiger partial charge on any atom is -0.149 e. The summed E-state index contributed by atoms with van der Waals surface area (Å²) in [6, 6.07) is 4.45. The lowest BCUT2D eigenvalue weighted by Crippen LogP contribution is -2.32. The Morgan fingerprint density at radius 3 is 2.72 bits per heavy atom. The van der Waals surface area contributed by atoms with E-state index < -0.39 is 0 Å². The summed E-state index contributed by atoms with van der Waals surface area (Å²) in [7, 11) is 0. The Labute approximate surface area is 124 Å². The molecule has 0 radical (unpaired) electrons. The van der Waals surface area contributed by atoms with Crippen LogP contribution < -0.4 is 0 Å². The molecule has 0 spiro atoms. The van der Waals surface area contributed by atoms with Crippen LogP contribution >= 0.6 is 27.3 Å². The molecule has 1 heterocycles. The molecule has 0 bridgehead atoms. The summed E-state index contributed by atoms with van der Waals surface area (Å²) in [5, 5.41) is 2.19. The van der Waals surface area contributed by atoms with Crippen molar-refractivity contribution in [1.82, 2.24) is 0 Å². The van der Waals surface area contributed by atoms with Crippen LogP contribution in [-0.2, 0) is 6.42 Å². The molecule has 0 amide bonds. The number of aryl methyl sites for hydroxylation is 1. The lowest BCUT2D eigenvalue weighted by atomic mass is 9.68. The van der Waals surface area contributed by atoms with E-state index in [-0.39, 0.29) is 0 Å². The maximum atomic E-state index is 3.92. The van der Waals surface area contributed by atoms with E-state index in [1.54, 1.807) is 4.88 Å². The third kappa shape index (κ3) is 3.84. The van der Waals surface area contributed by atoms with Crippen molar-refractivity contribution in [1.29, 1.82) is 0 Å². The molecule has 0 aliphatic heterocycles. The maximum Gasteiger partial charge on any atom is 0.0174 e. The Hall–Kier alpha value is 0.180. The second kappa shape index (κ2) is 6.09. The van der Waals surface area contributed by atoms with Gasteiger partial charge in [-0.25, -0.2) is 0 Å². The van der Waals surface area contributed by atoms with Gasteiger partial charge in [-0.05, 0) is 60.8 Å². The molecule has 1 aliphatic rings. The first kappa shape index (κ1) is 14.6. The summed E-state index contributed by atoms with van der Waals surface area (Å²) >= 11 is 5.82. The normalized spacial score (nSPS) is 29.4. The van der Waals surface area contributed by atoms with Crippen LogP contribution in [0.15, 0.2) is 17.5 Å². The molecule has 1 fully saturated rings. The van der Waals surface area contributed by atoms with Gasteiger partial charge >= 0.3 is 0 Å². The Balaban J connectivity index is 1.89. The first-order valence-corrected chi connectivity index (χ1v) is 8.93.